The lowest BCUT2D eigenvalue weighted by molar-refractivity contribution is -0.116. The molecule has 2 aliphatic rings. The highest BCUT2D eigenvalue weighted by atomic mass is 16.5. The van der Waals surface area contributed by atoms with Crippen LogP contribution in [0, 0.1) is 11.8 Å². The van der Waals surface area contributed by atoms with Crippen LogP contribution < -0.4 is 10.1 Å². The van der Waals surface area contributed by atoms with E-state index in [1.165, 1.54) is 25.7 Å². The highest BCUT2D eigenvalue weighted by molar-refractivity contribution is 5.98. The normalized spacial score (nSPS) is 25.3. The second kappa shape index (κ2) is 12.5. The number of carbonyl (C=O) groups excluding carboxylic acids is 2. The number of ether oxygens (including phenoxy) is 2. The van der Waals surface area contributed by atoms with E-state index in [0.29, 0.717) is 36.6 Å². The van der Waals surface area contributed by atoms with E-state index in [1.807, 2.05) is 14.0 Å². The molecule has 0 unspecified atom stereocenters. The lowest BCUT2D eigenvalue weighted by Gasteiger charge is -2.37. The van der Waals surface area contributed by atoms with E-state index in [1.54, 1.807) is 30.2 Å². The highest BCUT2D eigenvalue weighted by Crippen LogP contribution is 2.29. The van der Waals surface area contributed by atoms with Crippen LogP contribution in [-0.2, 0) is 9.53 Å². The molecule has 0 bridgehead atoms. The fourth-order valence-corrected chi connectivity index (χ4v) is 5.15. The van der Waals surface area contributed by atoms with E-state index in [-0.39, 0.29) is 29.9 Å². The molecular weight excluding hydrogens is 430 g/mol. The van der Waals surface area contributed by atoms with Crippen molar-refractivity contribution in [2.45, 2.75) is 71.4 Å². The molecule has 1 aliphatic heterocycles. The Morgan fingerprint density at radius 3 is 2.62 bits per heavy atom. The number of benzene rings is 1. The Morgan fingerprint density at radius 1 is 1.21 bits per heavy atom. The number of hydrogen-bond acceptors (Lipinski definition) is 5. The molecule has 7 nitrogen and oxygen atoms in total. The van der Waals surface area contributed by atoms with Crippen molar-refractivity contribution in [3.8, 4) is 5.75 Å². The summed E-state index contributed by atoms with van der Waals surface area (Å²) in [5.74, 6) is 1.39. The molecule has 3 atom stereocenters. The first-order chi connectivity index (χ1) is 16.3. The first-order valence-corrected chi connectivity index (χ1v) is 12.9. The number of carbonyl (C=O) groups is 2. The van der Waals surface area contributed by atoms with Gasteiger partial charge in [0.1, 0.15) is 12.4 Å². The number of anilines is 1. The Morgan fingerprint density at radius 2 is 1.94 bits per heavy atom. The third-order valence-corrected chi connectivity index (χ3v) is 7.30. The molecule has 0 spiro atoms. The summed E-state index contributed by atoms with van der Waals surface area (Å²) >= 11 is 0. The lowest BCUT2D eigenvalue weighted by atomic mass is 9.99. The predicted octanol–water partition coefficient (Wildman–Crippen LogP) is 4.42. The number of hydrogen-bond donors (Lipinski definition) is 1. The maximum atomic E-state index is 13.3. The van der Waals surface area contributed by atoms with Gasteiger partial charge in [-0.3, -0.25) is 14.5 Å². The second-order valence-electron chi connectivity index (χ2n) is 10.2. The van der Waals surface area contributed by atoms with Gasteiger partial charge in [0.2, 0.25) is 5.91 Å². The molecule has 3 rings (SSSR count). The fraction of sp³-hybridized carbons (Fsp3) is 0.704. The summed E-state index contributed by atoms with van der Waals surface area (Å²) in [4.78, 5) is 29.7. The Bertz CT molecular complexity index is 824. The first kappa shape index (κ1) is 26.5. The van der Waals surface area contributed by atoms with Crippen molar-refractivity contribution in [1.29, 1.82) is 0 Å². The zero-order valence-electron chi connectivity index (χ0n) is 21.6. The molecule has 190 valence electrons. The molecule has 1 saturated carbocycles. The summed E-state index contributed by atoms with van der Waals surface area (Å²) in [5.41, 5.74) is 1.16. The van der Waals surface area contributed by atoms with Gasteiger partial charge in [-0.15, -0.1) is 0 Å². The van der Waals surface area contributed by atoms with E-state index in [9.17, 15) is 9.59 Å². The van der Waals surface area contributed by atoms with E-state index >= 15 is 0 Å². The quantitative estimate of drug-likeness (QED) is 0.662. The van der Waals surface area contributed by atoms with Gasteiger partial charge in [0.25, 0.3) is 5.91 Å². The van der Waals surface area contributed by atoms with Crippen LogP contribution in [0.4, 0.5) is 5.69 Å². The molecule has 2 amide bonds. The highest BCUT2D eigenvalue weighted by Gasteiger charge is 2.30. The van der Waals surface area contributed by atoms with E-state index in [4.69, 9.17) is 9.47 Å². The maximum Gasteiger partial charge on any atom is 0.257 e. The summed E-state index contributed by atoms with van der Waals surface area (Å²) in [6.45, 7) is 9.36. The summed E-state index contributed by atoms with van der Waals surface area (Å²) in [6, 6.07) is 5.51. The largest absolute Gasteiger partial charge is 0.491 e. The Balaban J connectivity index is 1.88. The molecule has 34 heavy (non-hydrogen) atoms. The van der Waals surface area contributed by atoms with Gasteiger partial charge < -0.3 is 19.7 Å². The molecule has 1 aromatic carbocycles. The molecule has 0 radical (unpaired) electrons. The maximum absolute atomic E-state index is 13.3. The van der Waals surface area contributed by atoms with Crippen LogP contribution in [-0.4, -0.2) is 74.2 Å². The molecule has 0 saturated heterocycles. The third kappa shape index (κ3) is 6.95. The molecule has 7 heteroatoms. The molecule has 0 aromatic heterocycles. The van der Waals surface area contributed by atoms with Crippen molar-refractivity contribution in [1.82, 2.24) is 9.80 Å². The first-order valence-electron chi connectivity index (χ1n) is 12.9. The van der Waals surface area contributed by atoms with Crippen LogP contribution in [0.3, 0.4) is 0 Å². The van der Waals surface area contributed by atoms with E-state index in [2.05, 4.69) is 24.1 Å². The molecule has 1 heterocycles. The number of rotatable bonds is 6. The van der Waals surface area contributed by atoms with Gasteiger partial charge in [0, 0.05) is 58.0 Å². The number of methoxy groups -OCH3 is 1. The number of nitrogens with zero attached hydrogens (tertiary/aromatic N) is 2. The van der Waals surface area contributed by atoms with Crippen LogP contribution in [0.2, 0.25) is 0 Å². The van der Waals surface area contributed by atoms with Crippen molar-refractivity contribution in [3.05, 3.63) is 23.8 Å². The summed E-state index contributed by atoms with van der Waals surface area (Å²) in [5, 5.41) is 2.92. The standard InChI is InChI=1S/C27H43N3O4/c1-6-9-26(31)28-22-12-13-23-24(14-22)34-18-20(3)30(16-21-10-7-8-11-21)15-19(2)25(33-5)17-29(4)27(23)32/h12-14,19-21,25H,6-11,15-18H2,1-5H3,(H,28,31)/t19-,20+,25-/m0/s1. The number of amides is 2. The smallest absolute Gasteiger partial charge is 0.257 e. The van der Waals surface area contributed by atoms with E-state index in [0.717, 1.165) is 25.4 Å². The molecule has 1 aromatic rings. The SMILES string of the molecule is CCCC(=O)Nc1ccc2c(c1)OC[C@@H](C)N(CC1CCCC1)C[C@H](C)[C@@H](OC)CN(C)C2=O. The number of likely N-dealkylation sites (N-methyl/N-ethyl adjacent to an activating group) is 1. The van der Waals surface area contributed by atoms with Crippen molar-refractivity contribution in [2.24, 2.45) is 11.8 Å². The van der Waals surface area contributed by atoms with Gasteiger partial charge in [0.15, 0.2) is 0 Å². The van der Waals surface area contributed by atoms with Crippen molar-refractivity contribution in [2.75, 3.05) is 45.7 Å². The summed E-state index contributed by atoms with van der Waals surface area (Å²) in [7, 11) is 3.55. The van der Waals surface area contributed by atoms with Gasteiger partial charge >= 0.3 is 0 Å². The minimum atomic E-state index is -0.105. The zero-order chi connectivity index (χ0) is 24.7. The molecular formula is C27H43N3O4. The Hall–Kier alpha value is -2.12. The fourth-order valence-electron chi connectivity index (χ4n) is 5.15. The molecule has 1 aliphatic carbocycles. The Labute approximate surface area is 205 Å². The van der Waals surface area contributed by atoms with Crippen LogP contribution in [0.1, 0.15) is 69.7 Å². The molecule has 1 N–H and O–H groups in total. The van der Waals surface area contributed by atoms with E-state index < -0.39 is 0 Å². The van der Waals surface area contributed by atoms with Crippen LogP contribution in [0.25, 0.3) is 0 Å². The summed E-state index contributed by atoms with van der Waals surface area (Å²) < 4.78 is 12.1. The van der Waals surface area contributed by atoms with Crippen molar-refractivity contribution < 1.29 is 19.1 Å². The summed E-state index contributed by atoms with van der Waals surface area (Å²) in [6.07, 6.45) is 6.44. The second-order valence-corrected chi connectivity index (χ2v) is 10.2. The van der Waals surface area contributed by atoms with Crippen LogP contribution in [0.15, 0.2) is 18.2 Å². The number of fused-ring (bicyclic) bond motifs is 1. The molecule has 1 fully saturated rings. The minimum Gasteiger partial charge on any atom is -0.491 e. The van der Waals surface area contributed by atoms with Gasteiger partial charge in [-0.25, -0.2) is 0 Å². The number of nitrogens with one attached hydrogen (secondary N) is 1. The lowest BCUT2D eigenvalue weighted by Crippen LogP contribution is -2.47. The topological polar surface area (TPSA) is 71.1 Å². The third-order valence-electron chi connectivity index (χ3n) is 7.30. The van der Waals surface area contributed by atoms with Crippen LogP contribution >= 0.6 is 0 Å². The van der Waals surface area contributed by atoms with Gasteiger partial charge in [-0.2, -0.15) is 0 Å². The monoisotopic (exact) mass is 473 g/mol. The van der Waals surface area contributed by atoms with Gasteiger partial charge in [0.05, 0.1) is 11.7 Å². The minimum absolute atomic E-state index is 0.0351. The predicted molar refractivity (Wildman–Crippen MR) is 135 cm³/mol. The van der Waals surface area contributed by atoms with Crippen molar-refractivity contribution >= 4 is 17.5 Å². The average Bonchev–Trinajstić information content (AvgIpc) is 3.32. The van der Waals surface area contributed by atoms with Crippen LogP contribution in [0.5, 0.6) is 5.75 Å². The van der Waals surface area contributed by atoms with Gasteiger partial charge in [-0.1, -0.05) is 26.7 Å². The average molecular weight is 474 g/mol. The Kier molecular flexibility index (Phi) is 9.77. The van der Waals surface area contributed by atoms with Gasteiger partial charge in [-0.05, 0) is 50.2 Å². The van der Waals surface area contributed by atoms with Crippen molar-refractivity contribution in [3.63, 3.8) is 0 Å². The zero-order valence-corrected chi connectivity index (χ0v) is 21.6.